The van der Waals surface area contributed by atoms with Crippen LogP contribution in [0, 0.1) is 0 Å². The van der Waals surface area contributed by atoms with E-state index in [2.05, 4.69) is 4.98 Å². The van der Waals surface area contributed by atoms with Crippen LogP contribution in [-0.4, -0.2) is 35.7 Å². The standard InChI is InChI=1S/C18H21NO3S/c1-3-6-14-8-9-16(17(11-14)21-2)22-12-15(20)13-23-18-7-4-5-10-19-18/h3-11,15,20H,12-13H2,1-2H3/b6-3+. The molecule has 0 saturated heterocycles. The highest BCUT2D eigenvalue weighted by molar-refractivity contribution is 7.99. The zero-order valence-corrected chi connectivity index (χ0v) is 14.1. The molecular weight excluding hydrogens is 310 g/mol. The second-order valence-corrected chi connectivity index (χ2v) is 5.89. The van der Waals surface area contributed by atoms with Crippen molar-refractivity contribution in [2.75, 3.05) is 19.5 Å². The normalized spacial score (nSPS) is 12.3. The van der Waals surface area contributed by atoms with Gasteiger partial charge in [-0.25, -0.2) is 4.98 Å². The molecule has 0 radical (unpaired) electrons. The summed E-state index contributed by atoms with van der Waals surface area (Å²) in [6.07, 6.45) is 5.11. The van der Waals surface area contributed by atoms with Crippen LogP contribution in [0.25, 0.3) is 6.08 Å². The molecule has 0 spiro atoms. The summed E-state index contributed by atoms with van der Waals surface area (Å²) in [6, 6.07) is 11.4. The first kappa shape index (κ1) is 17.4. The number of benzene rings is 1. The molecule has 1 unspecified atom stereocenters. The van der Waals surface area contributed by atoms with Gasteiger partial charge in [-0.2, -0.15) is 0 Å². The maximum Gasteiger partial charge on any atom is 0.161 e. The van der Waals surface area contributed by atoms with Crippen LogP contribution in [-0.2, 0) is 0 Å². The Morgan fingerprint density at radius 3 is 2.83 bits per heavy atom. The Labute approximate surface area is 141 Å². The van der Waals surface area contributed by atoms with E-state index in [0.29, 0.717) is 17.3 Å². The number of hydrogen-bond donors (Lipinski definition) is 1. The average Bonchev–Trinajstić information content (AvgIpc) is 2.59. The Morgan fingerprint density at radius 1 is 1.26 bits per heavy atom. The van der Waals surface area contributed by atoms with Crippen molar-refractivity contribution < 1.29 is 14.6 Å². The summed E-state index contributed by atoms with van der Waals surface area (Å²) < 4.78 is 11.0. The van der Waals surface area contributed by atoms with Crippen LogP contribution in [0.1, 0.15) is 12.5 Å². The molecule has 0 aliphatic carbocycles. The molecule has 1 atom stereocenters. The summed E-state index contributed by atoms with van der Waals surface area (Å²) in [6.45, 7) is 2.17. The molecule has 2 aromatic rings. The molecule has 5 heteroatoms. The van der Waals surface area contributed by atoms with Crippen molar-refractivity contribution in [1.29, 1.82) is 0 Å². The molecule has 0 aliphatic heterocycles. The van der Waals surface area contributed by atoms with Crippen molar-refractivity contribution in [3.05, 3.63) is 54.2 Å². The van der Waals surface area contributed by atoms with Crippen LogP contribution in [0.2, 0.25) is 0 Å². The highest BCUT2D eigenvalue weighted by Gasteiger charge is 2.10. The molecular formula is C18H21NO3S. The second-order valence-electron chi connectivity index (χ2n) is 4.85. The Morgan fingerprint density at radius 2 is 2.13 bits per heavy atom. The van der Waals surface area contributed by atoms with Crippen LogP contribution in [0.15, 0.2) is 53.7 Å². The number of ether oxygens (including phenoxy) is 2. The van der Waals surface area contributed by atoms with E-state index in [1.807, 2.05) is 55.5 Å². The van der Waals surface area contributed by atoms with Crippen molar-refractivity contribution >= 4 is 17.8 Å². The quantitative estimate of drug-likeness (QED) is 0.748. The van der Waals surface area contributed by atoms with E-state index >= 15 is 0 Å². The number of hydrogen-bond acceptors (Lipinski definition) is 5. The van der Waals surface area contributed by atoms with Crippen molar-refractivity contribution in [2.24, 2.45) is 0 Å². The van der Waals surface area contributed by atoms with Gasteiger partial charge in [-0.3, -0.25) is 0 Å². The summed E-state index contributed by atoms with van der Waals surface area (Å²) in [5.41, 5.74) is 1.04. The topological polar surface area (TPSA) is 51.6 Å². The van der Waals surface area contributed by atoms with E-state index in [9.17, 15) is 5.11 Å². The van der Waals surface area contributed by atoms with E-state index in [0.717, 1.165) is 10.6 Å². The third-order valence-electron chi connectivity index (χ3n) is 3.04. The Bertz CT molecular complexity index is 631. The minimum atomic E-state index is -0.582. The van der Waals surface area contributed by atoms with Gasteiger partial charge in [0.2, 0.25) is 0 Å². The number of aromatic nitrogens is 1. The summed E-state index contributed by atoms with van der Waals surface area (Å²) in [5.74, 6) is 1.81. The summed E-state index contributed by atoms with van der Waals surface area (Å²) >= 11 is 1.50. The molecule has 0 bridgehead atoms. The van der Waals surface area contributed by atoms with Gasteiger partial charge in [-0.15, -0.1) is 11.8 Å². The SMILES string of the molecule is C/C=C/c1ccc(OCC(O)CSc2ccccn2)c(OC)c1. The number of aliphatic hydroxyl groups is 1. The lowest BCUT2D eigenvalue weighted by Crippen LogP contribution is -2.20. The first-order valence-electron chi connectivity index (χ1n) is 7.38. The molecule has 1 N–H and O–H groups in total. The summed E-state index contributed by atoms with van der Waals surface area (Å²) in [4.78, 5) is 4.21. The van der Waals surface area contributed by atoms with E-state index < -0.39 is 6.10 Å². The third-order valence-corrected chi connectivity index (χ3v) is 4.13. The summed E-state index contributed by atoms with van der Waals surface area (Å²) in [7, 11) is 1.61. The largest absolute Gasteiger partial charge is 0.493 e. The van der Waals surface area contributed by atoms with Gasteiger partial charge in [0.05, 0.1) is 18.2 Å². The van der Waals surface area contributed by atoms with Crippen LogP contribution in [0.5, 0.6) is 11.5 Å². The molecule has 1 aromatic carbocycles. The van der Waals surface area contributed by atoms with Gasteiger partial charge in [0.1, 0.15) is 6.61 Å². The van der Waals surface area contributed by atoms with Gasteiger partial charge >= 0.3 is 0 Å². The lowest BCUT2D eigenvalue weighted by atomic mass is 10.2. The van der Waals surface area contributed by atoms with Gasteiger partial charge < -0.3 is 14.6 Å². The number of aliphatic hydroxyl groups excluding tert-OH is 1. The smallest absolute Gasteiger partial charge is 0.161 e. The van der Waals surface area contributed by atoms with E-state index in [1.165, 1.54) is 11.8 Å². The highest BCUT2D eigenvalue weighted by atomic mass is 32.2. The van der Waals surface area contributed by atoms with Crippen molar-refractivity contribution in [1.82, 2.24) is 4.98 Å². The fourth-order valence-corrected chi connectivity index (χ4v) is 2.72. The molecule has 2 rings (SSSR count). The van der Waals surface area contributed by atoms with Gasteiger partial charge in [-0.1, -0.05) is 24.3 Å². The molecule has 1 aromatic heterocycles. The third kappa shape index (κ3) is 5.62. The Hall–Kier alpha value is -1.98. The minimum absolute atomic E-state index is 0.207. The molecule has 1 heterocycles. The number of pyridine rings is 1. The molecule has 0 aliphatic rings. The second kappa shape index (κ2) is 9.22. The predicted octanol–water partition coefficient (Wildman–Crippen LogP) is 3.66. The Kier molecular flexibility index (Phi) is 6.97. The molecule has 0 fully saturated rings. The minimum Gasteiger partial charge on any atom is -0.493 e. The number of rotatable bonds is 8. The fourth-order valence-electron chi connectivity index (χ4n) is 1.95. The van der Waals surface area contributed by atoms with Gasteiger partial charge in [-0.05, 0) is 36.8 Å². The number of methoxy groups -OCH3 is 1. The number of nitrogens with zero attached hydrogens (tertiary/aromatic N) is 1. The fraction of sp³-hybridized carbons (Fsp3) is 0.278. The zero-order valence-electron chi connectivity index (χ0n) is 13.3. The van der Waals surface area contributed by atoms with E-state index in [4.69, 9.17) is 9.47 Å². The van der Waals surface area contributed by atoms with Gasteiger partial charge in [0.25, 0.3) is 0 Å². The van der Waals surface area contributed by atoms with Gasteiger partial charge in [0, 0.05) is 11.9 Å². The first-order valence-corrected chi connectivity index (χ1v) is 8.37. The molecule has 0 amide bonds. The molecule has 4 nitrogen and oxygen atoms in total. The van der Waals surface area contributed by atoms with Crippen LogP contribution < -0.4 is 9.47 Å². The predicted molar refractivity (Wildman–Crippen MR) is 94.2 cm³/mol. The van der Waals surface area contributed by atoms with Gasteiger partial charge in [0.15, 0.2) is 11.5 Å². The van der Waals surface area contributed by atoms with Crippen molar-refractivity contribution in [2.45, 2.75) is 18.1 Å². The highest BCUT2D eigenvalue weighted by Crippen LogP contribution is 2.29. The molecule has 122 valence electrons. The average molecular weight is 331 g/mol. The zero-order chi connectivity index (χ0) is 16.5. The van der Waals surface area contributed by atoms with Crippen molar-refractivity contribution in [3.63, 3.8) is 0 Å². The van der Waals surface area contributed by atoms with Crippen LogP contribution in [0.3, 0.4) is 0 Å². The number of thioether (sulfide) groups is 1. The van der Waals surface area contributed by atoms with Crippen LogP contribution in [0.4, 0.5) is 0 Å². The van der Waals surface area contributed by atoms with E-state index in [-0.39, 0.29) is 6.61 Å². The lowest BCUT2D eigenvalue weighted by Gasteiger charge is -2.14. The Balaban J connectivity index is 1.87. The molecule has 23 heavy (non-hydrogen) atoms. The van der Waals surface area contributed by atoms with Crippen LogP contribution >= 0.6 is 11.8 Å². The van der Waals surface area contributed by atoms with E-state index in [1.54, 1.807) is 13.3 Å². The molecule has 0 saturated carbocycles. The lowest BCUT2D eigenvalue weighted by molar-refractivity contribution is 0.124. The maximum atomic E-state index is 10.0. The number of allylic oxidation sites excluding steroid dienone is 1. The monoisotopic (exact) mass is 331 g/mol. The van der Waals surface area contributed by atoms with Crippen molar-refractivity contribution in [3.8, 4) is 11.5 Å². The first-order chi connectivity index (χ1) is 11.2. The maximum absolute atomic E-state index is 10.0. The summed E-state index contributed by atoms with van der Waals surface area (Å²) in [5, 5.41) is 10.9.